The van der Waals surface area contributed by atoms with Gasteiger partial charge in [0.1, 0.15) is 0 Å². The molecule has 112 valence electrons. The zero-order valence-electron chi connectivity index (χ0n) is 11.5. The van der Waals surface area contributed by atoms with Gasteiger partial charge in [-0.15, -0.1) is 16.4 Å². The van der Waals surface area contributed by atoms with Crippen LogP contribution in [0.25, 0.3) is 0 Å². The van der Waals surface area contributed by atoms with Crippen LogP contribution in [0.4, 0.5) is 0 Å². The lowest BCUT2D eigenvalue weighted by Gasteiger charge is -2.13. The Kier molecular flexibility index (Phi) is 4.37. The zero-order chi connectivity index (χ0) is 14.8. The van der Waals surface area contributed by atoms with Gasteiger partial charge in [0, 0.05) is 14.7 Å². The van der Waals surface area contributed by atoms with Gasteiger partial charge in [0.2, 0.25) is 0 Å². The fourth-order valence-corrected chi connectivity index (χ4v) is 3.96. The Hall–Kier alpha value is -1.25. The van der Waals surface area contributed by atoms with E-state index in [9.17, 15) is 4.79 Å². The number of halogens is 1. The molecule has 2 aromatic rings. The van der Waals surface area contributed by atoms with Crippen molar-refractivity contribution in [1.29, 1.82) is 0 Å². The normalized spacial score (nSPS) is 18.1. The molecule has 3 heterocycles. The summed E-state index contributed by atoms with van der Waals surface area (Å²) in [7, 11) is 1.36. The minimum Gasteiger partial charge on any atom is -0.464 e. The summed E-state index contributed by atoms with van der Waals surface area (Å²) in [6.07, 6.45) is 2.06. The molecule has 1 saturated heterocycles. The third-order valence-corrected chi connectivity index (χ3v) is 5.15. The number of esters is 1. The number of ether oxygens (including phenoxy) is 1. The topological polar surface area (TPSA) is 69.0 Å². The van der Waals surface area contributed by atoms with E-state index in [2.05, 4.69) is 37.6 Å². The van der Waals surface area contributed by atoms with E-state index < -0.39 is 5.97 Å². The predicted molar refractivity (Wildman–Crippen MR) is 82.5 cm³/mol. The number of nitrogens with zero attached hydrogens (tertiary/aromatic N) is 3. The van der Waals surface area contributed by atoms with Crippen molar-refractivity contribution in [3.05, 3.63) is 32.2 Å². The van der Waals surface area contributed by atoms with Gasteiger partial charge in [-0.25, -0.2) is 9.48 Å². The van der Waals surface area contributed by atoms with E-state index in [0.29, 0.717) is 12.2 Å². The van der Waals surface area contributed by atoms with Crippen LogP contribution in [0.15, 0.2) is 15.9 Å². The van der Waals surface area contributed by atoms with E-state index in [0.717, 1.165) is 34.4 Å². The average molecular weight is 371 g/mol. The molecule has 8 heteroatoms. The lowest BCUT2D eigenvalue weighted by Crippen LogP contribution is -2.21. The molecule has 1 aliphatic heterocycles. The van der Waals surface area contributed by atoms with Gasteiger partial charge in [0.15, 0.2) is 5.69 Å². The SMILES string of the molecule is COC(=O)c1nnn(Cc2cc(Br)cs2)c1C1CCCN1. The van der Waals surface area contributed by atoms with E-state index in [-0.39, 0.29) is 6.04 Å². The Morgan fingerprint density at radius 2 is 2.52 bits per heavy atom. The summed E-state index contributed by atoms with van der Waals surface area (Å²) < 4.78 is 7.67. The average Bonchev–Trinajstić information content (AvgIpc) is 3.19. The van der Waals surface area contributed by atoms with Crippen molar-refractivity contribution in [3.63, 3.8) is 0 Å². The second kappa shape index (κ2) is 6.25. The van der Waals surface area contributed by atoms with Crippen molar-refractivity contribution in [2.45, 2.75) is 25.4 Å². The molecule has 1 fully saturated rings. The monoisotopic (exact) mass is 370 g/mol. The van der Waals surface area contributed by atoms with Crippen molar-refractivity contribution in [2.24, 2.45) is 0 Å². The molecule has 21 heavy (non-hydrogen) atoms. The van der Waals surface area contributed by atoms with Crippen LogP contribution < -0.4 is 5.32 Å². The quantitative estimate of drug-likeness (QED) is 0.836. The lowest BCUT2D eigenvalue weighted by atomic mass is 10.1. The molecule has 1 N–H and O–H groups in total. The third kappa shape index (κ3) is 3.02. The molecule has 3 rings (SSSR count). The van der Waals surface area contributed by atoms with E-state index in [1.165, 1.54) is 7.11 Å². The van der Waals surface area contributed by atoms with Crippen molar-refractivity contribution < 1.29 is 9.53 Å². The van der Waals surface area contributed by atoms with Crippen LogP contribution in [0.2, 0.25) is 0 Å². The van der Waals surface area contributed by atoms with Crippen LogP contribution in [-0.4, -0.2) is 34.6 Å². The van der Waals surface area contributed by atoms with Gasteiger partial charge >= 0.3 is 5.97 Å². The van der Waals surface area contributed by atoms with Gasteiger partial charge in [-0.05, 0) is 41.4 Å². The highest BCUT2D eigenvalue weighted by atomic mass is 79.9. The van der Waals surface area contributed by atoms with Gasteiger partial charge < -0.3 is 10.1 Å². The van der Waals surface area contributed by atoms with Crippen molar-refractivity contribution in [2.75, 3.05) is 13.7 Å². The molecule has 0 bridgehead atoms. The van der Waals surface area contributed by atoms with Crippen LogP contribution in [0, 0.1) is 0 Å². The number of methoxy groups -OCH3 is 1. The summed E-state index contributed by atoms with van der Waals surface area (Å²) >= 11 is 5.10. The van der Waals surface area contributed by atoms with E-state index in [1.54, 1.807) is 16.0 Å². The summed E-state index contributed by atoms with van der Waals surface area (Å²) in [5.41, 5.74) is 1.14. The first-order chi connectivity index (χ1) is 10.2. The van der Waals surface area contributed by atoms with Crippen LogP contribution in [0.3, 0.4) is 0 Å². The smallest absolute Gasteiger partial charge is 0.360 e. The highest BCUT2D eigenvalue weighted by molar-refractivity contribution is 9.10. The first-order valence-corrected chi connectivity index (χ1v) is 8.34. The zero-order valence-corrected chi connectivity index (χ0v) is 13.9. The summed E-state index contributed by atoms with van der Waals surface area (Å²) in [4.78, 5) is 13.0. The molecule has 0 saturated carbocycles. The van der Waals surface area contributed by atoms with E-state index in [4.69, 9.17) is 4.74 Å². The largest absolute Gasteiger partial charge is 0.464 e. The van der Waals surface area contributed by atoms with Gasteiger partial charge in [-0.1, -0.05) is 5.21 Å². The maximum Gasteiger partial charge on any atom is 0.360 e. The van der Waals surface area contributed by atoms with E-state index >= 15 is 0 Å². The Balaban J connectivity index is 1.95. The Morgan fingerprint density at radius 3 is 3.14 bits per heavy atom. The molecule has 0 amide bonds. The molecule has 1 aliphatic rings. The highest BCUT2D eigenvalue weighted by Gasteiger charge is 2.29. The molecule has 0 aliphatic carbocycles. The summed E-state index contributed by atoms with van der Waals surface area (Å²) in [5, 5.41) is 13.6. The van der Waals surface area contributed by atoms with Crippen molar-refractivity contribution in [1.82, 2.24) is 20.3 Å². The number of aromatic nitrogens is 3. The predicted octanol–water partition coefficient (Wildman–Crippen LogP) is 2.36. The minimum absolute atomic E-state index is 0.109. The molecule has 0 spiro atoms. The number of hydrogen-bond acceptors (Lipinski definition) is 6. The highest BCUT2D eigenvalue weighted by Crippen LogP contribution is 2.27. The second-order valence-electron chi connectivity index (χ2n) is 4.85. The Labute approximate surface area is 134 Å². The summed E-state index contributed by atoms with van der Waals surface area (Å²) in [5.74, 6) is -0.433. The van der Waals surface area contributed by atoms with Gasteiger partial charge in [-0.2, -0.15) is 0 Å². The Morgan fingerprint density at radius 1 is 1.67 bits per heavy atom. The number of nitrogens with one attached hydrogen (secondary N) is 1. The number of rotatable bonds is 4. The van der Waals surface area contributed by atoms with Gasteiger partial charge in [0.05, 0.1) is 25.4 Å². The molecule has 2 aromatic heterocycles. The number of carbonyl (C=O) groups is 1. The summed E-state index contributed by atoms with van der Waals surface area (Å²) in [6, 6.07) is 2.16. The number of thiophene rings is 1. The van der Waals surface area contributed by atoms with Crippen LogP contribution in [0.1, 0.15) is 39.9 Å². The standard InChI is InChI=1S/C13H15BrN4O2S/c1-20-13(19)11-12(10-3-2-4-15-10)18(17-16-11)6-9-5-8(14)7-21-9/h5,7,10,15H,2-4,6H2,1H3. The summed E-state index contributed by atoms with van der Waals surface area (Å²) in [6.45, 7) is 1.55. The Bertz CT molecular complexity index is 648. The fourth-order valence-electron chi connectivity index (χ4n) is 2.53. The van der Waals surface area contributed by atoms with Gasteiger partial charge in [0.25, 0.3) is 0 Å². The molecule has 0 radical (unpaired) electrons. The van der Waals surface area contributed by atoms with Crippen LogP contribution >= 0.6 is 27.3 Å². The first-order valence-electron chi connectivity index (χ1n) is 6.67. The van der Waals surface area contributed by atoms with Crippen molar-refractivity contribution in [3.8, 4) is 0 Å². The van der Waals surface area contributed by atoms with Crippen molar-refractivity contribution >= 4 is 33.2 Å². The number of hydrogen-bond donors (Lipinski definition) is 1. The van der Waals surface area contributed by atoms with Crippen LogP contribution in [0.5, 0.6) is 0 Å². The number of carbonyl (C=O) groups excluding carboxylic acids is 1. The molecular formula is C13H15BrN4O2S. The molecule has 6 nitrogen and oxygen atoms in total. The molecule has 1 unspecified atom stereocenters. The fraction of sp³-hybridized carbons (Fsp3) is 0.462. The molecule has 1 atom stereocenters. The molecule has 0 aromatic carbocycles. The first kappa shape index (κ1) is 14.7. The minimum atomic E-state index is -0.433. The van der Waals surface area contributed by atoms with E-state index in [1.807, 2.05) is 5.38 Å². The molecular weight excluding hydrogens is 356 g/mol. The lowest BCUT2D eigenvalue weighted by molar-refractivity contribution is 0.0591. The van der Waals surface area contributed by atoms with Gasteiger partial charge in [-0.3, -0.25) is 0 Å². The maximum absolute atomic E-state index is 11.9. The third-order valence-electron chi connectivity index (χ3n) is 3.47. The maximum atomic E-state index is 11.9. The van der Waals surface area contributed by atoms with Crippen LogP contribution in [-0.2, 0) is 11.3 Å². The second-order valence-corrected chi connectivity index (χ2v) is 6.76.